The van der Waals surface area contributed by atoms with E-state index in [1.165, 1.54) is 37.1 Å². The van der Waals surface area contributed by atoms with E-state index >= 15 is 4.39 Å². The molecule has 2 aromatic rings. The molecule has 5 heterocycles. The Morgan fingerprint density at radius 2 is 1.85 bits per heavy atom. The maximum Gasteiger partial charge on any atom is 0.416 e. The van der Waals surface area contributed by atoms with Crippen molar-refractivity contribution < 1.29 is 31.9 Å². The molecule has 0 N–H and O–H groups in total. The maximum atomic E-state index is 15.6. The number of aromatic nitrogens is 1. The van der Waals surface area contributed by atoms with E-state index in [0.29, 0.717) is 38.4 Å². The van der Waals surface area contributed by atoms with Gasteiger partial charge in [0.2, 0.25) is 17.7 Å². The van der Waals surface area contributed by atoms with Crippen LogP contribution < -0.4 is 14.7 Å². The van der Waals surface area contributed by atoms with Gasteiger partial charge in [-0.15, -0.1) is 0 Å². The van der Waals surface area contributed by atoms with Gasteiger partial charge in [0.05, 0.1) is 16.9 Å². The zero-order chi connectivity index (χ0) is 33.8. The SMILES string of the molecule is C=CC(=O)N1C[C@H]2CN(CCN3C[C@H]4CC(=O)N(c5cc(C(F)(F)F)cc(C)n5)[C@@H]4C(=O)N(C)c4cccc(F)c43)CCN2[C@H](C)C1. The molecule has 3 fully saturated rings. The van der Waals surface area contributed by atoms with Crippen molar-refractivity contribution in [1.29, 1.82) is 0 Å². The van der Waals surface area contributed by atoms with Crippen LogP contribution in [0.3, 0.4) is 0 Å². The molecule has 3 amide bonds. The molecule has 4 aliphatic rings. The number of aryl methyl sites for hydroxylation is 1. The average molecular weight is 658 g/mol. The van der Waals surface area contributed by atoms with Crippen LogP contribution in [-0.2, 0) is 20.6 Å². The van der Waals surface area contributed by atoms with Crippen molar-refractivity contribution in [3.8, 4) is 0 Å². The standard InChI is InChI=1S/C33H39F4N7O3/c1-5-28(45)42-16-21(3)43-12-10-40(18-24(43)19-42)9-11-41-17-22-14-29(46)44(27-15-23(33(35,36)37)13-20(2)38-27)30(22)32(47)39(4)26-8-6-7-25(34)31(26)41/h5-8,13,15,21-22,24,30H,1,9-12,14,16-19H2,2-4H3/t21-,22-,24-,30+/m1/s1. The number of fused-ring (bicyclic) bond motifs is 3. The molecule has 1 aromatic carbocycles. The van der Waals surface area contributed by atoms with Crippen LogP contribution in [0.1, 0.15) is 24.6 Å². The van der Waals surface area contributed by atoms with Gasteiger partial charge in [0.25, 0.3) is 0 Å². The zero-order valence-corrected chi connectivity index (χ0v) is 26.7. The summed E-state index contributed by atoms with van der Waals surface area (Å²) in [5, 5.41) is 0. The first-order valence-corrected chi connectivity index (χ1v) is 15.8. The Morgan fingerprint density at radius 3 is 2.57 bits per heavy atom. The molecule has 47 heavy (non-hydrogen) atoms. The smallest absolute Gasteiger partial charge is 0.366 e. The van der Waals surface area contributed by atoms with E-state index in [4.69, 9.17) is 0 Å². The van der Waals surface area contributed by atoms with Gasteiger partial charge in [-0.2, -0.15) is 13.2 Å². The van der Waals surface area contributed by atoms with Crippen LogP contribution in [0.2, 0.25) is 0 Å². The van der Waals surface area contributed by atoms with Crippen LogP contribution >= 0.6 is 0 Å². The van der Waals surface area contributed by atoms with E-state index in [1.807, 2.05) is 9.80 Å². The summed E-state index contributed by atoms with van der Waals surface area (Å²) in [6, 6.07) is 5.38. The van der Waals surface area contributed by atoms with Gasteiger partial charge in [0.1, 0.15) is 17.7 Å². The van der Waals surface area contributed by atoms with E-state index in [1.54, 1.807) is 6.07 Å². The number of hydrogen-bond donors (Lipinski definition) is 0. The van der Waals surface area contributed by atoms with Crippen LogP contribution in [0.5, 0.6) is 0 Å². The molecule has 0 aliphatic carbocycles. The second kappa shape index (κ2) is 12.5. The van der Waals surface area contributed by atoms with Gasteiger partial charge in [-0.25, -0.2) is 9.37 Å². The fraction of sp³-hybridized carbons (Fsp3) is 0.515. The van der Waals surface area contributed by atoms with Gasteiger partial charge < -0.3 is 14.7 Å². The summed E-state index contributed by atoms with van der Waals surface area (Å²) in [6.07, 6.45) is -3.43. The number of anilines is 3. The molecule has 14 heteroatoms. The number of carbonyl (C=O) groups excluding carboxylic acids is 3. The molecule has 0 bridgehead atoms. The average Bonchev–Trinajstić information content (AvgIpc) is 3.35. The molecule has 6 rings (SSSR count). The summed E-state index contributed by atoms with van der Waals surface area (Å²) < 4.78 is 56.8. The number of para-hydroxylation sites is 1. The van der Waals surface area contributed by atoms with Gasteiger partial charge in [-0.1, -0.05) is 12.6 Å². The lowest BCUT2D eigenvalue weighted by atomic mass is 9.95. The highest BCUT2D eigenvalue weighted by molar-refractivity contribution is 6.10. The van der Waals surface area contributed by atoms with E-state index in [2.05, 4.69) is 28.3 Å². The number of hydrogen-bond acceptors (Lipinski definition) is 7. The molecular weight excluding hydrogens is 618 g/mol. The minimum Gasteiger partial charge on any atom is -0.366 e. The van der Waals surface area contributed by atoms with Crippen molar-refractivity contribution in [2.75, 3.05) is 74.1 Å². The second-order valence-corrected chi connectivity index (χ2v) is 13.0. The van der Waals surface area contributed by atoms with Gasteiger partial charge >= 0.3 is 6.18 Å². The predicted molar refractivity (Wildman–Crippen MR) is 169 cm³/mol. The van der Waals surface area contributed by atoms with Gasteiger partial charge in [-0.3, -0.25) is 29.1 Å². The zero-order valence-electron chi connectivity index (χ0n) is 26.7. The molecule has 10 nitrogen and oxygen atoms in total. The first kappa shape index (κ1) is 32.9. The molecule has 4 aliphatic heterocycles. The summed E-state index contributed by atoms with van der Waals surface area (Å²) in [5.74, 6) is -2.50. The Hall–Kier alpha value is -4.04. The van der Waals surface area contributed by atoms with Gasteiger partial charge in [0, 0.05) is 89.5 Å². The van der Waals surface area contributed by atoms with Gasteiger partial charge in [-0.05, 0) is 44.2 Å². The van der Waals surface area contributed by atoms with Gasteiger partial charge in [0.15, 0.2) is 0 Å². The molecule has 0 saturated carbocycles. The van der Waals surface area contributed by atoms with Crippen molar-refractivity contribution in [3.05, 3.63) is 60.1 Å². The van der Waals surface area contributed by atoms with E-state index in [9.17, 15) is 27.6 Å². The van der Waals surface area contributed by atoms with E-state index in [0.717, 1.165) is 30.1 Å². The molecule has 0 unspecified atom stereocenters. The lowest BCUT2D eigenvalue weighted by Gasteiger charge is -2.50. The quantitative estimate of drug-likeness (QED) is 0.361. The molecule has 3 saturated heterocycles. The third-order valence-electron chi connectivity index (χ3n) is 9.89. The van der Waals surface area contributed by atoms with Crippen molar-refractivity contribution in [2.24, 2.45) is 5.92 Å². The highest BCUT2D eigenvalue weighted by atomic mass is 19.4. The Balaban J connectivity index is 1.28. The maximum absolute atomic E-state index is 15.6. The molecule has 4 atom stereocenters. The molecule has 1 aromatic heterocycles. The summed E-state index contributed by atoms with van der Waals surface area (Å²) in [6.45, 7) is 11.8. The topological polar surface area (TPSA) is 83.5 Å². The molecule has 0 spiro atoms. The lowest BCUT2D eigenvalue weighted by Crippen LogP contribution is -2.66. The number of likely N-dealkylation sites (N-methyl/N-ethyl adjacent to an activating group) is 1. The van der Waals surface area contributed by atoms with Crippen LogP contribution in [-0.4, -0.2) is 115 Å². The summed E-state index contributed by atoms with van der Waals surface area (Å²) in [4.78, 5) is 54.9. The lowest BCUT2D eigenvalue weighted by molar-refractivity contribution is -0.137. The van der Waals surface area contributed by atoms with Crippen LogP contribution in [0.25, 0.3) is 0 Å². The largest absolute Gasteiger partial charge is 0.416 e. The Labute approximate surface area is 271 Å². The fourth-order valence-electron chi connectivity index (χ4n) is 7.67. The number of amides is 3. The highest BCUT2D eigenvalue weighted by Crippen LogP contribution is 2.41. The highest BCUT2D eigenvalue weighted by Gasteiger charge is 2.49. The third-order valence-corrected chi connectivity index (χ3v) is 9.89. The molecule has 0 radical (unpaired) electrons. The van der Waals surface area contributed by atoms with Crippen LogP contribution in [0, 0.1) is 18.7 Å². The first-order valence-electron chi connectivity index (χ1n) is 15.8. The number of rotatable bonds is 5. The third kappa shape index (κ3) is 6.20. The van der Waals surface area contributed by atoms with Crippen LogP contribution in [0.15, 0.2) is 43.0 Å². The number of carbonyl (C=O) groups is 3. The Morgan fingerprint density at radius 1 is 1.09 bits per heavy atom. The minimum absolute atomic E-state index is 0.0659. The van der Waals surface area contributed by atoms with E-state index < -0.39 is 41.3 Å². The van der Waals surface area contributed by atoms with Crippen molar-refractivity contribution in [2.45, 2.75) is 44.6 Å². The van der Waals surface area contributed by atoms with E-state index in [-0.39, 0.29) is 48.2 Å². The number of alkyl halides is 3. The predicted octanol–water partition coefficient (Wildman–Crippen LogP) is 3.16. The molecular formula is C33H39F4N7O3. The normalized spacial score (nSPS) is 25.7. The summed E-state index contributed by atoms with van der Waals surface area (Å²) in [5.41, 5.74) is -0.337. The van der Waals surface area contributed by atoms with Crippen molar-refractivity contribution in [1.82, 2.24) is 19.7 Å². The first-order chi connectivity index (χ1) is 22.3. The molecule has 252 valence electrons. The second-order valence-electron chi connectivity index (χ2n) is 13.0. The summed E-state index contributed by atoms with van der Waals surface area (Å²) in [7, 11) is 1.49. The summed E-state index contributed by atoms with van der Waals surface area (Å²) >= 11 is 0. The number of pyridine rings is 1. The number of benzene rings is 1. The number of nitrogens with zero attached hydrogens (tertiary/aromatic N) is 7. The Bertz CT molecular complexity index is 1590. The minimum atomic E-state index is -4.67. The number of halogens is 4. The monoisotopic (exact) mass is 657 g/mol. The van der Waals surface area contributed by atoms with Crippen LogP contribution in [0.4, 0.5) is 34.8 Å². The van der Waals surface area contributed by atoms with Crippen molar-refractivity contribution >= 4 is 34.9 Å². The van der Waals surface area contributed by atoms with Crippen molar-refractivity contribution in [3.63, 3.8) is 0 Å². The fourth-order valence-corrected chi connectivity index (χ4v) is 7.67. The Kier molecular flexibility index (Phi) is 8.77. The number of piperazine rings is 2.